The summed E-state index contributed by atoms with van der Waals surface area (Å²) in [6, 6.07) is 12.5. The Morgan fingerprint density at radius 3 is 2.13 bits per heavy atom. The first-order chi connectivity index (χ1) is 10.8. The van der Waals surface area contributed by atoms with E-state index in [1.165, 1.54) is 24.3 Å². The van der Waals surface area contributed by atoms with Crippen molar-refractivity contribution in [2.75, 3.05) is 5.32 Å². The molecule has 2 aromatic rings. The summed E-state index contributed by atoms with van der Waals surface area (Å²) in [6.07, 6.45) is -0.994. The van der Waals surface area contributed by atoms with Gasteiger partial charge in [-0.2, -0.15) is 0 Å². The summed E-state index contributed by atoms with van der Waals surface area (Å²) < 4.78 is 11.1. The smallest absolute Gasteiger partial charge is 0.252 e. The summed E-state index contributed by atoms with van der Waals surface area (Å²) in [5, 5.41) is 5.48. The van der Waals surface area contributed by atoms with Crippen molar-refractivity contribution in [3.05, 3.63) is 65.5 Å². The SMILES string of the molecule is Cc1ccc(C(=O)NC(Nc2ccc(F)cc2)C(Cl)(Cl)Cl)cc1. The first-order valence-electron chi connectivity index (χ1n) is 6.72. The average Bonchev–Trinajstić information content (AvgIpc) is 2.48. The van der Waals surface area contributed by atoms with Crippen LogP contribution in [0, 0.1) is 12.7 Å². The van der Waals surface area contributed by atoms with Crippen LogP contribution in [0.3, 0.4) is 0 Å². The van der Waals surface area contributed by atoms with Crippen LogP contribution in [0.15, 0.2) is 48.5 Å². The zero-order chi connectivity index (χ0) is 17.0. The Balaban J connectivity index is 2.14. The maximum absolute atomic E-state index is 12.9. The highest BCUT2D eigenvalue weighted by Crippen LogP contribution is 2.31. The van der Waals surface area contributed by atoms with E-state index in [9.17, 15) is 9.18 Å². The molecule has 3 nitrogen and oxygen atoms in total. The number of anilines is 1. The van der Waals surface area contributed by atoms with Gasteiger partial charge in [0.1, 0.15) is 12.0 Å². The molecule has 0 aliphatic rings. The fourth-order valence-electron chi connectivity index (χ4n) is 1.83. The third-order valence-electron chi connectivity index (χ3n) is 3.07. The molecule has 1 atom stereocenters. The number of halogens is 4. The minimum Gasteiger partial charge on any atom is -0.362 e. The predicted octanol–water partition coefficient (Wildman–Crippen LogP) is 4.67. The van der Waals surface area contributed by atoms with Gasteiger partial charge in [-0.05, 0) is 43.3 Å². The van der Waals surface area contributed by atoms with Crippen molar-refractivity contribution >= 4 is 46.4 Å². The van der Waals surface area contributed by atoms with Gasteiger partial charge in [0.15, 0.2) is 0 Å². The van der Waals surface area contributed by atoms with E-state index in [0.717, 1.165) is 5.56 Å². The molecule has 0 aromatic heterocycles. The highest BCUT2D eigenvalue weighted by atomic mass is 35.6. The van der Waals surface area contributed by atoms with Crippen LogP contribution in [0.1, 0.15) is 15.9 Å². The van der Waals surface area contributed by atoms with Gasteiger partial charge in [0.05, 0.1) is 0 Å². The Morgan fingerprint density at radius 1 is 1.04 bits per heavy atom. The molecular weight excluding hydrogens is 362 g/mol. The number of carbonyl (C=O) groups is 1. The fraction of sp³-hybridized carbons (Fsp3) is 0.188. The lowest BCUT2D eigenvalue weighted by molar-refractivity contribution is 0.0942. The maximum Gasteiger partial charge on any atom is 0.252 e. The number of hydrogen-bond donors (Lipinski definition) is 2. The summed E-state index contributed by atoms with van der Waals surface area (Å²) >= 11 is 17.8. The van der Waals surface area contributed by atoms with E-state index >= 15 is 0 Å². The van der Waals surface area contributed by atoms with E-state index in [1.54, 1.807) is 12.1 Å². The molecule has 2 N–H and O–H groups in total. The summed E-state index contributed by atoms with van der Waals surface area (Å²) in [5.74, 6) is -0.777. The first-order valence-corrected chi connectivity index (χ1v) is 7.85. The van der Waals surface area contributed by atoms with Crippen LogP contribution in [-0.2, 0) is 0 Å². The standard InChI is InChI=1S/C16H14Cl3FN2O/c1-10-2-4-11(5-3-10)14(23)22-15(16(17,18)19)21-13-8-6-12(20)7-9-13/h2-9,15,21H,1H3,(H,22,23). The van der Waals surface area contributed by atoms with Crippen molar-refractivity contribution < 1.29 is 9.18 Å². The number of rotatable bonds is 4. The van der Waals surface area contributed by atoms with E-state index in [2.05, 4.69) is 10.6 Å². The van der Waals surface area contributed by atoms with E-state index < -0.39 is 15.9 Å². The molecule has 0 saturated heterocycles. The van der Waals surface area contributed by atoms with Crippen LogP contribution < -0.4 is 10.6 Å². The van der Waals surface area contributed by atoms with Gasteiger partial charge >= 0.3 is 0 Å². The first kappa shape index (κ1) is 17.9. The largest absolute Gasteiger partial charge is 0.362 e. The number of nitrogens with one attached hydrogen (secondary N) is 2. The normalized spacial score (nSPS) is 12.6. The van der Waals surface area contributed by atoms with Gasteiger partial charge in [-0.25, -0.2) is 4.39 Å². The molecule has 0 saturated carbocycles. The molecule has 1 unspecified atom stereocenters. The molecule has 0 fully saturated rings. The quantitative estimate of drug-likeness (QED) is 0.602. The van der Waals surface area contributed by atoms with Crippen LogP contribution in [0.2, 0.25) is 0 Å². The van der Waals surface area contributed by atoms with Gasteiger partial charge in [0.25, 0.3) is 5.91 Å². The van der Waals surface area contributed by atoms with Gasteiger partial charge in [-0.15, -0.1) is 0 Å². The van der Waals surface area contributed by atoms with Gasteiger partial charge < -0.3 is 10.6 Å². The number of carbonyl (C=O) groups excluding carboxylic acids is 1. The molecule has 0 bridgehead atoms. The van der Waals surface area contributed by atoms with Crippen molar-refractivity contribution in [2.45, 2.75) is 16.9 Å². The molecule has 0 aliphatic heterocycles. The van der Waals surface area contributed by atoms with Crippen molar-refractivity contribution in [1.82, 2.24) is 5.32 Å². The lowest BCUT2D eigenvalue weighted by Gasteiger charge is -2.27. The number of amides is 1. The lowest BCUT2D eigenvalue weighted by Crippen LogP contribution is -2.49. The van der Waals surface area contributed by atoms with Crippen molar-refractivity contribution in [2.24, 2.45) is 0 Å². The lowest BCUT2D eigenvalue weighted by atomic mass is 10.1. The zero-order valence-corrected chi connectivity index (χ0v) is 14.4. The highest BCUT2D eigenvalue weighted by molar-refractivity contribution is 6.68. The Morgan fingerprint density at radius 2 is 1.61 bits per heavy atom. The molecule has 0 heterocycles. The summed E-state index contributed by atoms with van der Waals surface area (Å²) in [5.41, 5.74) is 1.98. The number of benzene rings is 2. The Labute approximate surface area is 148 Å². The number of aryl methyl sites for hydroxylation is 1. The monoisotopic (exact) mass is 374 g/mol. The van der Waals surface area contributed by atoms with Crippen molar-refractivity contribution in [1.29, 1.82) is 0 Å². The van der Waals surface area contributed by atoms with Gasteiger partial charge in [-0.1, -0.05) is 52.5 Å². The van der Waals surface area contributed by atoms with E-state index in [1.807, 2.05) is 19.1 Å². The Hall–Kier alpha value is -1.49. The van der Waals surface area contributed by atoms with Crippen LogP contribution in [0.4, 0.5) is 10.1 Å². The van der Waals surface area contributed by atoms with Gasteiger partial charge in [0, 0.05) is 11.3 Å². The van der Waals surface area contributed by atoms with Crippen LogP contribution >= 0.6 is 34.8 Å². The molecule has 122 valence electrons. The van der Waals surface area contributed by atoms with Gasteiger partial charge in [-0.3, -0.25) is 4.79 Å². The second-order valence-corrected chi connectivity index (χ2v) is 7.33. The summed E-state index contributed by atoms with van der Waals surface area (Å²) in [7, 11) is 0. The zero-order valence-electron chi connectivity index (χ0n) is 12.1. The van der Waals surface area contributed by atoms with Gasteiger partial charge in [0.2, 0.25) is 3.79 Å². The minimum absolute atomic E-state index is 0.385. The van der Waals surface area contributed by atoms with E-state index in [-0.39, 0.29) is 5.82 Å². The van der Waals surface area contributed by atoms with Crippen molar-refractivity contribution in [3.63, 3.8) is 0 Å². The Bertz CT molecular complexity index is 669. The van der Waals surface area contributed by atoms with E-state index in [0.29, 0.717) is 11.3 Å². The number of alkyl halides is 3. The molecule has 1 amide bonds. The predicted molar refractivity (Wildman–Crippen MR) is 92.7 cm³/mol. The molecular formula is C16H14Cl3FN2O. The second kappa shape index (κ2) is 7.39. The topological polar surface area (TPSA) is 41.1 Å². The van der Waals surface area contributed by atoms with Crippen LogP contribution in [0.5, 0.6) is 0 Å². The average molecular weight is 376 g/mol. The fourth-order valence-corrected chi connectivity index (χ4v) is 2.16. The highest BCUT2D eigenvalue weighted by Gasteiger charge is 2.34. The molecule has 23 heavy (non-hydrogen) atoms. The van der Waals surface area contributed by atoms with Crippen molar-refractivity contribution in [3.8, 4) is 0 Å². The number of hydrogen-bond acceptors (Lipinski definition) is 2. The van der Waals surface area contributed by atoms with Crippen LogP contribution in [0.25, 0.3) is 0 Å². The van der Waals surface area contributed by atoms with Crippen LogP contribution in [-0.4, -0.2) is 15.9 Å². The molecule has 7 heteroatoms. The maximum atomic E-state index is 12.9. The molecule has 2 aromatic carbocycles. The summed E-state index contributed by atoms with van der Waals surface area (Å²) in [6.45, 7) is 1.92. The second-order valence-electron chi connectivity index (χ2n) is 4.97. The van der Waals surface area contributed by atoms with E-state index in [4.69, 9.17) is 34.8 Å². The molecule has 0 aliphatic carbocycles. The molecule has 2 rings (SSSR count). The third-order valence-corrected chi connectivity index (χ3v) is 3.73. The Kier molecular flexibility index (Phi) is 5.74. The molecule has 0 spiro atoms. The molecule has 0 radical (unpaired) electrons. The third kappa shape index (κ3) is 5.27. The summed E-state index contributed by atoms with van der Waals surface area (Å²) in [4.78, 5) is 12.3. The minimum atomic E-state index is -1.80.